The summed E-state index contributed by atoms with van der Waals surface area (Å²) in [7, 11) is 0. The van der Waals surface area contributed by atoms with Crippen molar-refractivity contribution in [2.75, 3.05) is 19.8 Å². The summed E-state index contributed by atoms with van der Waals surface area (Å²) >= 11 is 0. The minimum atomic E-state index is 0.147. The van der Waals surface area contributed by atoms with E-state index in [-0.39, 0.29) is 5.91 Å². The average Bonchev–Trinajstić information content (AvgIpc) is 2.52. The number of amides is 1. The second-order valence-electron chi connectivity index (χ2n) is 6.79. The van der Waals surface area contributed by atoms with Gasteiger partial charge in [0.25, 0.3) is 0 Å². The maximum Gasteiger partial charge on any atom is 0.221 e. The number of hydrogen-bond acceptors (Lipinski definition) is 2. The normalized spacial score (nSPS) is 11.2. The number of carbonyl (C=O) groups excluding carboxylic acids is 1. The minimum Gasteiger partial charge on any atom is -0.343 e. The molecule has 0 saturated carbocycles. The molecule has 0 unspecified atom stereocenters. The van der Waals surface area contributed by atoms with Crippen LogP contribution in [0.5, 0.6) is 0 Å². The summed E-state index contributed by atoms with van der Waals surface area (Å²) < 4.78 is 0. The van der Waals surface area contributed by atoms with E-state index >= 15 is 0 Å². The van der Waals surface area contributed by atoms with Crippen LogP contribution in [0.4, 0.5) is 0 Å². The van der Waals surface area contributed by atoms with Crippen LogP contribution in [0.1, 0.15) is 58.1 Å². The lowest BCUT2D eigenvalue weighted by molar-refractivity contribution is -0.121. The van der Waals surface area contributed by atoms with Gasteiger partial charge in [0.1, 0.15) is 0 Å². The molecule has 3 heteroatoms. The SMILES string of the molecule is CCCN(CCC)CNC(=O)CCc1ccc(CC(C)C)cc1. The molecule has 0 aromatic heterocycles. The van der Waals surface area contributed by atoms with Gasteiger partial charge in [-0.3, -0.25) is 9.69 Å². The number of aryl methyl sites for hydroxylation is 1. The van der Waals surface area contributed by atoms with E-state index in [2.05, 4.69) is 62.2 Å². The lowest BCUT2D eigenvalue weighted by Crippen LogP contribution is -2.38. The Morgan fingerprint density at radius 2 is 1.61 bits per heavy atom. The molecule has 0 spiro atoms. The zero-order valence-electron chi connectivity index (χ0n) is 15.4. The van der Waals surface area contributed by atoms with Gasteiger partial charge in [0.2, 0.25) is 5.91 Å². The zero-order valence-corrected chi connectivity index (χ0v) is 15.4. The van der Waals surface area contributed by atoms with Gasteiger partial charge in [-0.2, -0.15) is 0 Å². The summed E-state index contributed by atoms with van der Waals surface area (Å²) in [6, 6.07) is 8.70. The Morgan fingerprint density at radius 1 is 1.04 bits per heavy atom. The Labute approximate surface area is 142 Å². The fourth-order valence-electron chi connectivity index (χ4n) is 2.76. The third-order valence-corrected chi connectivity index (χ3v) is 3.89. The molecule has 0 heterocycles. The van der Waals surface area contributed by atoms with Crippen molar-refractivity contribution in [2.45, 2.75) is 59.8 Å². The molecule has 0 aliphatic heterocycles. The summed E-state index contributed by atoms with van der Waals surface area (Å²) in [5, 5.41) is 3.05. The van der Waals surface area contributed by atoms with Gasteiger partial charge >= 0.3 is 0 Å². The first-order valence-electron chi connectivity index (χ1n) is 9.12. The van der Waals surface area contributed by atoms with Crippen molar-refractivity contribution in [1.82, 2.24) is 10.2 Å². The van der Waals surface area contributed by atoms with Gasteiger partial charge in [0.05, 0.1) is 6.67 Å². The molecule has 1 rings (SSSR count). The molecule has 23 heavy (non-hydrogen) atoms. The predicted octanol–water partition coefficient (Wildman–Crippen LogP) is 4.01. The van der Waals surface area contributed by atoms with Crippen LogP contribution in [0.3, 0.4) is 0 Å². The van der Waals surface area contributed by atoms with E-state index < -0.39 is 0 Å². The molecular formula is C20H34N2O. The van der Waals surface area contributed by atoms with Crippen LogP contribution in [0.25, 0.3) is 0 Å². The number of nitrogens with zero attached hydrogens (tertiary/aromatic N) is 1. The summed E-state index contributed by atoms with van der Waals surface area (Å²) in [6.45, 7) is 11.6. The summed E-state index contributed by atoms with van der Waals surface area (Å²) in [4.78, 5) is 14.3. The maximum absolute atomic E-state index is 12.0. The van der Waals surface area contributed by atoms with Crippen LogP contribution >= 0.6 is 0 Å². The van der Waals surface area contributed by atoms with E-state index in [1.54, 1.807) is 0 Å². The lowest BCUT2D eigenvalue weighted by Gasteiger charge is -2.21. The first kappa shape index (κ1) is 19.7. The standard InChI is InChI=1S/C20H34N2O/c1-5-13-22(14-6-2)16-21-20(23)12-11-18-7-9-19(10-8-18)15-17(3)4/h7-10,17H,5-6,11-16H2,1-4H3,(H,21,23). The molecule has 0 atom stereocenters. The predicted molar refractivity (Wildman–Crippen MR) is 98.5 cm³/mol. The number of benzene rings is 1. The first-order chi connectivity index (χ1) is 11.0. The van der Waals surface area contributed by atoms with Gasteiger partial charge in [-0.25, -0.2) is 0 Å². The van der Waals surface area contributed by atoms with Gasteiger partial charge in [-0.1, -0.05) is 52.0 Å². The van der Waals surface area contributed by atoms with Gasteiger partial charge < -0.3 is 5.32 Å². The van der Waals surface area contributed by atoms with E-state index in [0.29, 0.717) is 19.0 Å². The Hall–Kier alpha value is -1.35. The number of rotatable bonds is 11. The summed E-state index contributed by atoms with van der Waals surface area (Å²) in [5.74, 6) is 0.828. The molecule has 0 bridgehead atoms. The first-order valence-corrected chi connectivity index (χ1v) is 9.12. The molecule has 1 aromatic carbocycles. The third kappa shape index (κ3) is 8.75. The Balaban J connectivity index is 2.32. The second kappa shape index (κ2) is 11.2. The van der Waals surface area contributed by atoms with E-state index in [1.807, 2.05) is 0 Å². The topological polar surface area (TPSA) is 32.3 Å². The molecular weight excluding hydrogens is 284 g/mol. The number of hydrogen-bond donors (Lipinski definition) is 1. The fraction of sp³-hybridized carbons (Fsp3) is 0.650. The Bertz CT molecular complexity index is 433. The van der Waals surface area contributed by atoms with Crippen LogP contribution < -0.4 is 5.32 Å². The second-order valence-corrected chi connectivity index (χ2v) is 6.79. The van der Waals surface area contributed by atoms with Gasteiger partial charge in [0, 0.05) is 6.42 Å². The minimum absolute atomic E-state index is 0.147. The molecule has 1 amide bonds. The highest BCUT2D eigenvalue weighted by atomic mass is 16.1. The molecule has 1 aromatic rings. The molecule has 0 saturated heterocycles. The van der Waals surface area contributed by atoms with Crippen molar-refractivity contribution < 1.29 is 4.79 Å². The number of nitrogens with one attached hydrogen (secondary N) is 1. The van der Waals surface area contributed by atoms with Gasteiger partial charge in [-0.05, 0) is 55.8 Å². The van der Waals surface area contributed by atoms with E-state index in [0.717, 1.165) is 38.8 Å². The van der Waals surface area contributed by atoms with Crippen LogP contribution in [0.15, 0.2) is 24.3 Å². The smallest absolute Gasteiger partial charge is 0.221 e. The largest absolute Gasteiger partial charge is 0.343 e. The van der Waals surface area contributed by atoms with Crippen molar-refractivity contribution in [3.8, 4) is 0 Å². The Morgan fingerprint density at radius 3 is 2.13 bits per heavy atom. The van der Waals surface area contributed by atoms with Crippen molar-refractivity contribution in [3.63, 3.8) is 0 Å². The molecule has 130 valence electrons. The molecule has 0 aliphatic carbocycles. The molecule has 0 aliphatic rings. The number of carbonyl (C=O) groups is 1. The zero-order chi connectivity index (χ0) is 17.1. The summed E-state index contributed by atoms with van der Waals surface area (Å²) in [6.07, 6.45) is 4.74. The van der Waals surface area contributed by atoms with E-state index in [9.17, 15) is 4.79 Å². The monoisotopic (exact) mass is 318 g/mol. The maximum atomic E-state index is 12.0. The van der Waals surface area contributed by atoms with Crippen molar-refractivity contribution in [3.05, 3.63) is 35.4 Å². The lowest BCUT2D eigenvalue weighted by atomic mass is 10.0. The average molecular weight is 319 g/mol. The highest BCUT2D eigenvalue weighted by Gasteiger charge is 2.06. The third-order valence-electron chi connectivity index (χ3n) is 3.89. The molecule has 3 nitrogen and oxygen atoms in total. The van der Waals surface area contributed by atoms with E-state index in [4.69, 9.17) is 0 Å². The molecule has 0 fully saturated rings. The quantitative estimate of drug-likeness (QED) is 0.625. The van der Waals surface area contributed by atoms with Crippen LogP contribution in [-0.4, -0.2) is 30.6 Å². The van der Waals surface area contributed by atoms with Gasteiger partial charge in [0.15, 0.2) is 0 Å². The fourth-order valence-corrected chi connectivity index (χ4v) is 2.76. The molecule has 1 N–H and O–H groups in total. The van der Waals surface area contributed by atoms with Crippen LogP contribution in [0.2, 0.25) is 0 Å². The van der Waals surface area contributed by atoms with Crippen molar-refractivity contribution in [2.24, 2.45) is 5.92 Å². The van der Waals surface area contributed by atoms with Crippen molar-refractivity contribution >= 4 is 5.91 Å². The van der Waals surface area contributed by atoms with Gasteiger partial charge in [-0.15, -0.1) is 0 Å². The van der Waals surface area contributed by atoms with E-state index in [1.165, 1.54) is 11.1 Å². The highest BCUT2D eigenvalue weighted by molar-refractivity contribution is 5.76. The summed E-state index contributed by atoms with van der Waals surface area (Å²) in [5.41, 5.74) is 2.62. The molecule has 0 radical (unpaired) electrons. The Kier molecular flexibility index (Phi) is 9.61. The highest BCUT2D eigenvalue weighted by Crippen LogP contribution is 2.11. The van der Waals surface area contributed by atoms with Crippen LogP contribution in [0, 0.1) is 5.92 Å². The van der Waals surface area contributed by atoms with Crippen LogP contribution in [-0.2, 0) is 17.6 Å². The van der Waals surface area contributed by atoms with Crippen molar-refractivity contribution in [1.29, 1.82) is 0 Å².